The third-order valence-corrected chi connectivity index (χ3v) is 5.86. The molecule has 0 fully saturated rings. The number of nitrogens with one attached hydrogen (secondary N) is 2. The van der Waals surface area contributed by atoms with Crippen LogP contribution in [-0.4, -0.2) is 52.3 Å². The second kappa shape index (κ2) is 13.9. The summed E-state index contributed by atoms with van der Waals surface area (Å²) in [5.74, 6) is -0.540. The number of unbranched alkanes of at least 4 members (excludes halogenated alkanes) is 3. The van der Waals surface area contributed by atoms with Gasteiger partial charge in [0.05, 0.1) is 0 Å². The molecular formula is C28H47N3O4S. The number of carbonyl (C=O) groups is 3. The molecule has 3 amide bonds. The molecule has 7 nitrogen and oxygen atoms in total. The summed E-state index contributed by atoms with van der Waals surface area (Å²) < 4.78 is 5.37. The lowest BCUT2D eigenvalue weighted by Crippen LogP contribution is -2.55. The smallest absolute Gasteiger partial charge is 0.408 e. The molecular weight excluding hydrogens is 474 g/mol. The molecule has 0 radical (unpaired) electrons. The summed E-state index contributed by atoms with van der Waals surface area (Å²) in [6.45, 7) is 17.5. The van der Waals surface area contributed by atoms with Crippen molar-refractivity contribution in [2.45, 2.75) is 111 Å². The number of thiol groups is 1. The van der Waals surface area contributed by atoms with E-state index in [0.717, 1.165) is 42.4 Å². The fraction of sp³-hybridized carbons (Fsp3) is 0.679. The topological polar surface area (TPSA) is 87.7 Å². The van der Waals surface area contributed by atoms with Crippen LogP contribution >= 0.6 is 12.6 Å². The van der Waals surface area contributed by atoms with Gasteiger partial charge in [0.25, 0.3) is 0 Å². The zero-order valence-electron chi connectivity index (χ0n) is 23.7. The molecule has 0 bridgehead atoms. The summed E-state index contributed by atoms with van der Waals surface area (Å²) in [6, 6.07) is 4.14. The standard InChI is InChI=1S/C28H47N3O4S/c1-10-11-12-13-16-31(25(33)22(18-36)29-26(34)35-28(7,8)9)23(24(32)30-27(4,5)6)21-17-19(2)14-15-20(21)3/h14-15,17,22-23,36H,10-13,16,18H2,1-9H3,(H,29,34)(H,30,32). The normalized spacial score (nSPS) is 13.5. The molecule has 0 saturated heterocycles. The molecule has 1 aromatic carbocycles. The number of alkyl carbamates (subject to hydrolysis) is 1. The number of amides is 3. The maximum atomic E-state index is 13.9. The zero-order chi connectivity index (χ0) is 27.7. The third kappa shape index (κ3) is 10.8. The van der Waals surface area contributed by atoms with Crippen LogP contribution in [0.2, 0.25) is 0 Å². The lowest BCUT2D eigenvalue weighted by molar-refractivity contribution is -0.142. The van der Waals surface area contributed by atoms with Gasteiger partial charge in [0, 0.05) is 17.8 Å². The fourth-order valence-corrected chi connectivity index (χ4v) is 4.10. The molecule has 8 heteroatoms. The quantitative estimate of drug-likeness (QED) is 0.265. The molecule has 0 spiro atoms. The number of nitrogens with zero attached hydrogens (tertiary/aromatic N) is 1. The molecule has 0 heterocycles. The van der Waals surface area contributed by atoms with E-state index < -0.39 is 29.3 Å². The zero-order valence-corrected chi connectivity index (χ0v) is 24.6. The van der Waals surface area contributed by atoms with Crippen molar-refractivity contribution in [3.63, 3.8) is 0 Å². The average Bonchev–Trinajstić information content (AvgIpc) is 2.73. The molecule has 36 heavy (non-hydrogen) atoms. The van der Waals surface area contributed by atoms with Gasteiger partial charge in [-0.25, -0.2) is 4.79 Å². The Labute approximate surface area is 223 Å². The van der Waals surface area contributed by atoms with Crippen LogP contribution in [0, 0.1) is 13.8 Å². The Morgan fingerprint density at radius 1 is 1.03 bits per heavy atom. The van der Waals surface area contributed by atoms with E-state index in [1.807, 2.05) is 52.8 Å². The van der Waals surface area contributed by atoms with E-state index in [9.17, 15) is 14.4 Å². The number of hydrogen-bond acceptors (Lipinski definition) is 5. The van der Waals surface area contributed by atoms with Gasteiger partial charge in [-0.05, 0) is 72.9 Å². The van der Waals surface area contributed by atoms with Gasteiger partial charge in [0.15, 0.2) is 0 Å². The maximum absolute atomic E-state index is 13.9. The minimum absolute atomic E-state index is 0.0734. The van der Waals surface area contributed by atoms with Crippen LogP contribution in [0.25, 0.3) is 0 Å². The van der Waals surface area contributed by atoms with Crippen molar-refractivity contribution in [3.8, 4) is 0 Å². The lowest BCUT2D eigenvalue weighted by Gasteiger charge is -2.36. The second-order valence-corrected chi connectivity index (χ2v) is 11.8. The first-order valence-corrected chi connectivity index (χ1v) is 13.5. The van der Waals surface area contributed by atoms with Crippen LogP contribution in [-0.2, 0) is 14.3 Å². The molecule has 2 atom stereocenters. The van der Waals surface area contributed by atoms with Crippen LogP contribution in [0.15, 0.2) is 18.2 Å². The van der Waals surface area contributed by atoms with Gasteiger partial charge < -0.3 is 20.3 Å². The minimum atomic E-state index is -0.940. The third-order valence-electron chi connectivity index (χ3n) is 5.49. The van der Waals surface area contributed by atoms with Crippen molar-refractivity contribution in [1.82, 2.24) is 15.5 Å². The molecule has 0 saturated carbocycles. The van der Waals surface area contributed by atoms with Crippen molar-refractivity contribution < 1.29 is 19.1 Å². The molecule has 0 aliphatic rings. The van der Waals surface area contributed by atoms with Crippen molar-refractivity contribution in [3.05, 3.63) is 34.9 Å². The van der Waals surface area contributed by atoms with Crippen molar-refractivity contribution in [2.75, 3.05) is 12.3 Å². The first-order valence-electron chi connectivity index (χ1n) is 12.9. The van der Waals surface area contributed by atoms with E-state index in [4.69, 9.17) is 4.74 Å². The number of ether oxygens (including phenoxy) is 1. The Hall–Kier alpha value is -2.22. The summed E-state index contributed by atoms with van der Waals surface area (Å²) in [6.07, 6.45) is 3.08. The Morgan fingerprint density at radius 2 is 1.67 bits per heavy atom. The van der Waals surface area contributed by atoms with Gasteiger partial charge in [-0.3, -0.25) is 9.59 Å². The van der Waals surface area contributed by atoms with Crippen LogP contribution < -0.4 is 10.6 Å². The average molecular weight is 522 g/mol. The highest BCUT2D eigenvalue weighted by molar-refractivity contribution is 7.80. The predicted octanol–water partition coefficient (Wildman–Crippen LogP) is 5.49. The predicted molar refractivity (Wildman–Crippen MR) is 149 cm³/mol. The van der Waals surface area contributed by atoms with Crippen molar-refractivity contribution >= 4 is 30.5 Å². The van der Waals surface area contributed by atoms with Gasteiger partial charge >= 0.3 is 6.09 Å². The van der Waals surface area contributed by atoms with E-state index in [-0.39, 0.29) is 17.6 Å². The maximum Gasteiger partial charge on any atom is 0.408 e. The van der Waals surface area contributed by atoms with E-state index >= 15 is 0 Å². The van der Waals surface area contributed by atoms with Crippen LogP contribution in [0.1, 0.15) is 96.9 Å². The van der Waals surface area contributed by atoms with Crippen molar-refractivity contribution in [1.29, 1.82) is 0 Å². The minimum Gasteiger partial charge on any atom is -0.444 e. The van der Waals surface area contributed by atoms with Crippen LogP contribution in [0.4, 0.5) is 4.79 Å². The number of aryl methyl sites for hydroxylation is 2. The summed E-state index contributed by atoms with van der Waals surface area (Å²) in [5, 5.41) is 5.73. The van der Waals surface area contributed by atoms with Crippen LogP contribution in [0.5, 0.6) is 0 Å². The summed E-state index contributed by atoms with van der Waals surface area (Å²) >= 11 is 4.35. The number of hydrogen-bond donors (Lipinski definition) is 3. The molecule has 0 aliphatic carbocycles. The van der Waals surface area contributed by atoms with Gasteiger partial charge in [0.2, 0.25) is 11.8 Å². The summed E-state index contributed by atoms with van der Waals surface area (Å²) in [5.41, 5.74) is 1.50. The molecule has 2 N–H and O–H groups in total. The number of carbonyl (C=O) groups excluding carboxylic acids is 3. The van der Waals surface area contributed by atoms with Gasteiger partial charge in [-0.2, -0.15) is 12.6 Å². The van der Waals surface area contributed by atoms with E-state index in [2.05, 4.69) is 30.2 Å². The Morgan fingerprint density at radius 3 is 2.19 bits per heavy atom. The summed E-state index contributed by atoms with van der Waals surface area (Å²) in [7, 11) is 0. The van der Waals surface area contributed by atoms with Crippen molar-refractivity contribution in [2.24, 2.45) is 0 Å². The molecule has 0 aromatic heterocycles. The highest BCUT2D eigenvalue weighted by Gasteiger charge is 2.37. The SMILES string of the molecule is CCCCCCN(C(=O)C(CS)NC(=O)OC(C)(C)C)C(C(=O)NC(C)(C)C)c1cc(C)ccc1C. The molecule has 1 rings (SSSR count). The summed E-state index contributed by atoms with van der Waals surface area (Å²) in [4.78, 5) is 41.8. The second-order valence-electron chi connectivity index (χ2n) is 11.5. The molecule has 0 aliphatic heterocycles. The fourth-order valence-electron chi connectivity index (χ4n) is 3.85. The Balaban J connectivity index is 3.50. The van der Waals surface area contributed by atoms with Gasteiger partial charge in [-0.15, -0.1) is 0 Å². The number of benzene rings is 1. The highest BCUT2D eigenvalue weighted by Crippen LogP contribution is 2.28. The first kappa shape index (κ1) is 31.8. The Kier molecular flexibility index (Phi) is 12.3. The Bertz CT molecular complexity index is 890. The van der Waals surface area contributed by atoms with E-state index in [0.29, 0.717) is 6.54 Å². The van der Waals surface area contributed by atoms with Gasteiger partial charge in [0.1, 0.15) is 17.7 Å². The number of rotatable bonds is 11. The highest BCUT2D eigenvalue weighted by atomic mass is 32.1. The van der Waals surface area contributed by atoms with Gasteiger partial charge in [-0.1, -0.05) is 49.9 Å². The largest absolute Gasteiger partial charge is 0.444 e. The first-order chi connectivity index (χ1) is 16.6. The van der Waals surface area contributed by atoms with Crippen LogP contribution in [0.3, 0.4) is 0 Å². The molecule has 1 aromatic rings. The molecule has 204 valence electrons. The monoisotopic (exact) mass is 521 g/mol. The lowest BCUT2D eigenvalue weighted by atomic mass is 9.95. The van der Waals surface area contributed by atoms with E-state index in [1.54, 1.807) is 25.7 Å². The molecule has 2 unspecified atom stereocenters. The van der Waals surface area contributed by atoms with E-state index in [1.165, 1.54) is 0 Å².